The van der Waals surface area contributed by atoms with Gasteiger partial charge >= 0.3 is 0 Å². The van der Waals surface area contributed by atoms with Gasteiger partial charge in [0.2, 0.25) is 0 Å². The van der Waals surface area contributed by atoms with Crippen molar-refractivity contribution in [3.63, 3.8) is 0 Å². The van der Waals surface area contributed by atoms with Crippen molar-refractivity contribution in [1.82, 2.24) is 4.57 Å². The van der Waals surface area contributed by atoms with Crippen molar-refractivity contribution in [3.05, 3.63) is 53.1 Å². The molecule has 5 rings (SSSR count). The number of rotatable bonds is 3. The number of allylic oxidation sites excluding steroid dienone is 1. The lowest BCUT2D eigenvalue weighted by Crippen LogP contribution is -2.47. The number of thiazole rings is 1. The number of carbonyl (C=O) groups excluding carboxylic acids is 1. The summed E-state index contributed by atoms with van der Waals surface area (Å²) in [6, 6.07) is 10.5. The third-order valence-electron chi connectivity index (χ3n) is 6.48. The molecule has 3 heterocycles. The molecular formula is C25H30N3O2S+. The molecule has 0 radical (unpaired) electrons. The number of hydrogen-bond donors (Lipinski definition) is 1. The zero-order chi connectivity index (χ0) is 22.0. The van der Waals surface area contributed by atoms with Gasteiger partial charge < -0.3 is 4.74 Å². The Hall–Kier alpha value is -2.44. The Balaban J connectivity index is 1.83. The maximum Gasteiger partial charge on any atom is 0.293 e. The summed E-state index contributed by atoms with van der Waals surface area (Å²) in [4.78, 5) is 14.9. The minimum Gasteiger partial charge on any atom is -0.370 e. The predicted octanol–water partition coefficient (Wildman–Crippen LogP) is 4.88. The van der Waals surface area contributed by atoms with Gasteiger partial charge in [-0.15, -0.1) is 0 Å². The summed E-state index contributed by atoms with van der Waals surface area (Å²) >= 11 is 1.80. The minimum absolute atomic E-state index is 0.0362. The number of ether oxygens (including phenoxy) is 1. The first kappa shape index (κ1) is 20.5. The molecule has 2 atom stereocenters. The summed E-state index contributed by atoms with van der Waals surface area (Å²) in [5.41, 5.74) is 3.16. The van der Waals surface area contributed by atoms with E-state index in [-0.39, 0.29) is 17.4 Å². The van der Waals surface area contributed by atoms with Crippen molar-refractivity contribution in [1.29, 1.82) is 0 Å². The number of hydrogen-bond acceptors (Lipinski definition) is 4. The van der Waals surface area contributed by atoms with E-state index < -0.39 is 5.60 Å². The fourth-order valence-electron chi connectivity index (χ4n) is 5.13. The lowest BCUT2D eigenvalue weighted by molar-refractivity contribution is -0.479. The van der Waals surface area contributed by atoms with Gasteiger partial charge in [0.05, 0.1) is 5.54 Å². The van der Waals surface area contributed by atoms with E-state index in [1.807, 2.05) is 6.08 Å². The molecular weight excluding hydrogens is 406 g/mol. The Morgan fingerprint density at radius 3 is 2.68 bits per heavy atom. The van der Waals surface area contributed by atoms with Crippen LogP contribution in [0.2, 0.25) is 0 Å². The molecule has 31 heavy (non-hydrogen) atoms. The number of imidazole rings is 1. The molecule has 0 fully saturated rings. The summed E-state index contributed by atoms with van der Waals surface area (Å²) in [5.74, 6) is 1.30. The van der Waals surface area contributed by atoms with E-state index >= 15 is 0 Å². The fraction of sp³-hybridized carbons (Fsp3) is 0.440. The second-order valence-corrected chi connectivity index (χ2v) is 10.9. The lowest BCUT2D eigenvalue weighted by Gasteiger charge is -2.41. The molecule has 0 unspecified atom stereocenters. The van der Waals surface area contributed by atoms with Gasteiger partial charge in [-0.1, -0.05) is 41.7 Å². The van der Waals surface area contributed by atoms with E-state index in [9.17, 15) is 4.79 Å². The molecule has 1 aromatic carbocycles. The first-order valence-corrected chi connectivity index (χ1v) is 11.7. The van der Waals surface area contributed by atoms with E-state index in [1.165, 1.54) is 21.8 Å². The Labute approximate surface area is 187 Å². The summed E-state index contributed by atoms with van der Waals surface area (Å²) in [6.07, 6.45) is 5.94. The molecule has 2 aromatic heterocycles. The second kappa shape index (κ2) is 7.04. The standard InChI is InChI=1S/C25H30N3O2S/c1-16-21(17-9-7-6-8-10-17)28-22(26-24(2,3)4)19-12-14-25(30-5)13-11-18(29)15-20(25)27(19)23(28)31-16/h6-11,13,20,26H,12,14-15H2,1-5H3/q+1/t20-,25+/m0/s1. The zero-order valence-corrected chi connectivity index (χ0v) is 19.7. The van der Waals surface area contributed by atoms with Crippen LogP contribution < -0.4 is 9.72 Å². The molecule has 0 saturated carbocycles. The fourth-order valence-corrected chi connectivity index (χ4v) is 6.32. The van der Waals surface area contributed by atoms with E-state index in [2.05, 4.69) is 72.3 Å². The van der Waals surface area contributed by atoms with Crippen molar-refractivity contribution in [2.75, 3.05) is 12.4 Å². The number of nitrogens with one attached hydrogen (secondary N) is 1. The Kier molecular flexibility index (Phi) is 4.65. The lowest BCUT2D eigenvalue weighted by atomic mass is 9.78. The quantitative estimate of drug-likeness (QED) is 0.596. The van der Waals surface area contributed by atoms with E-state index in [0.717, 1.165) is 23.6 Å². The summed E-state index contributed by atoms with van der Waals surface area (Å²) in [7, 11) is 1.77. The number of anilines is 1. The van der Waals surface area contributed by atoms with E-state index in [4.69, 9.17) is 4.74 Å². The number of methoxy groups -OCH3 is 1. The van der Waals surface area contributed by atoms with Crippen molar-refractivity contribution in [3.8, 4) is 11.3 Å². The average Bonchev–Trinajstić information content (AvgIpc) is 3.21. The normalized spacial score (nSPS) is 23.1. The topological polar surface area (TPSA) is 47.4 Å². The van der Waals surface area contributed by atoms with Crippen LogP contribution in [0.4, 0.5) is 5.82 Å². The first-order chi connectivity index (χ1) is 14.7. The molecule has 1 aliphatic carbocycles. The molecule has 5 nitrogen and oxygen atoms in total. The van der Waals surface area contributed by atoms with Crippen LogP contribution in [-0.4, -0.2) is 28.6 Å². The predicted molar refractivity (Wildman–Crippen MR) is 125 cm³/mol. The molecule has 3 aromatic rings. The molecule has 0 saturated heterocycles. The number of benzene rings is 1. The van der Waals surface area contributed by atoms with Crippen LogP contribution in [0.3, 0.4) is 0 Å². The number of aryl methyl sites for hydroxylation is 1. The molecule has 0 amide bonds. The van der Waals surface area contributed by atoms with Crippen LogP contribution >= 0.6 is 11.3 Å². The van der Waals surface area contributed by atoms with E-state index in [1.54, 1.807) is 24.5 Å². The first-order valence-electron chi connectivity index (χ1n) is 10.9. The third kappa shape index (κ3) is 3.15. The largest absolute Gasteiger partial charge is 0.370 e. The third-order valence-corrected chi connectivity index (χ3v) is 7.54. The SMILES string of the molecule is CO[C@@]12C=CC(=O)C[C@@H]1n1c(c(NC(C)(C)C)[n+]3c(-c4ccccc4)c(C)sc13)CC2. The van der Waals surface area contributed by atoms with Crippen LogP contribution in [0.5, 0.6) is 0 Å². The highest BCUT2D eigenvalue weighted by atomic mass is 32.1. The highest BCUT2D eigenvalue weighted by Crippen LogP contribution is 2.46. The number of fused-ring (bicyclic) bond motifs is 5. The number of aromatic nitrogens is 2. The second-order valence-electron chi connectivity index (χ2n) is 9.71. The van der Waals surface area contributed by atoms with Crippen molar-refractivity contribution >= 4 is 27.9 Å². The molecule has 0 bridgehead atoms. The van der Waals surface area contributed by atoms with Gasteiger partial charge in [-0.3, -0.25) is 10.1 Å². The molecule has 1 N–H and O–H groups in total. The Morgan fingerprint density at radius 1 is 1.26 bits per heavy atom. The monoisotopic (exact) mass is 436 g/mol. The van der Waals surface area contributed by atoms with Crippen molar-refractivity contribution in [2.45, 2.75) is 64.1 Å². The summed E-state index contributed by atoms with van der Waals surface area (Å²) in [6.45, 7) is 8.77. The summed E-state index contributed by atoms with van der Waals surface area (Å²) in [5, 5.41) is 3.80. The molecule has 0 spiro atoms. The smallest absolute Gasteiger partial charge is 0.293 e. The van der Waals surface area contributed by atoms with Gasteiger partial charge in [0.1, 0.15) is 23.0 Å². The Morgan fingerprint density at radius 2 is 2.00 bits per heavy atom. The van der Waals surface area contributed by atoms with Crippen LogP contribution in [0, 0.1) is 6.92 Å². The van der Waals surface area contributed by atoms with Crippen molar-refractivity contribution < 1.29 is 13.9 Å². The Bertz CT molecular complexity index is 1200. The van der Waals surface area contributed by atoms with Gasteiger partial charge in [0, 0.05) is 30.4 Å². The zero-order valence-electron chi connectivity index (χ0n) is 18.9. The highest BCUT2D eigenvalue weighted by molar-refractivity contribution is 7.16. The van der Waals surface area contributed by atoms with Gasteiger partial charge in [0.25, 0.3) is 10.8 Å². The maximum atomic E-state index is 12.5. The summed E-state index contributed by atoms with van der Waals surface area (Å²) < 4.78 is 10.9. The highest BCUT2D eigenvalue weighted by Gasteiger charge is 2.51. The van der Waals surface area contributed by atoms with Crippen LogP contribution in [0.25, 0.3) is 16.2 Å². The van der Waals surface area contributed by atoms with Gasteiger partial charge in [-0.2, -0.15) is 4.40 Å². The minimum atomic E-state index is -0.433. The number of ketones is 1. The average molecular weight is 437 g/mol. The molecule has 6 heteroatoms. The number of nitrogens with zero attached hydrogens (tertiary/aromatic N) is 2. The van der Waals surface area contributed by atoms with Crippen molar-refractivity contribution in [2.24, 2.45) is 0 Å². The maximum absolute atomic E-state index is 12.5. The molecule has 2 aliphatic rings. The van der Waals surface area contributed by atoms with Gasteiger partial charge in [-0.25, -0.2) is 4.57 Å². The van der Waals surface area contributed by atoms with Gasteiger partial charge in [-0.05, 0) is 46.3 Å². The number of carbonyl (C=O) groups is 1. The van der Waals surface area contributed by atoms with Crippen LogP contribution in [-0.2, 0) is 16.0 Å². The van der Waals surface area contributed by atoms with Crippen LogP contribution in [0.15, 0.2) is 42.5 Å². The molecule has 162 valence electrons. The van der Waals surface area contributed by atoms with Crippen LogP contribution in [0.1, 0.15) is 50.2 Å². The van der Waals surface area contributed by atoms with E-state index in [0.29, 0.717) is 6.42 Å². The van der Waals surface area contributed by atoms with Gasteiger partial charge in [0.15, 0.2) is 5.78 Å². The molecule has 1 aliphatic heterocycles.